The van der Waals surface area contributed by atoms with Gasteiger partial charge in [-0.05, 0) is 56.0 Å². The van der Waals surface area contributed by atoms with Crippen molar-refractivity contribution in [3.8, 4) is 0 Å². The Kier molecular flexibility index (Phi) is 5.97. The van der Waals surface area contributed by atoms with Gasteiger partial charge in [-0.1, -0.05) is 22.9 Å². The normalized spacial score (nSPS) is 21.9. The van der Waals surface area contributed by atoms with Gasteiger partial charge in [-0.3, -0.25) is 14.4 Å². The van der Waals surface area contributed by atoms with E-state index in [1.54, 1.807) is 0 Å². The summed E-state index contributed by atoms with van der Waals surface area (Å²) < 4.78 is 0.934. The molecule has 1 fully saturated rings. The molecule has 1 N–H and O–H groups in total. The summed E-state index contributed by atoms with van der Waals surface area (Å²) in [7, 11) is 0. The number of amides is 1. The number of Topliss-reactive ketones (excluding diaryl/α,β-unsaturated/α-hetero) is 2. The van der Waals surface area contributed by atoms with Crippen LogP contribution >= 0.6 is 15.9 Å². The number of nitrogens with one attached hydrogen (secondary N) is 1. The van der Waals surface area contributed by atoms with Crippen molar-refractivity contribution in [1.29, 1.82) is 0 Å². The Balaban J connectivity index is 2.19. The standard InChI is InChI=1S/C19H24BrNO3/c1-5-12(4)21-16(23)9-13-8-15(22)18(19(13)24)17-10(2)6-14(20)7-11(17)3/h6-7,12-13,18H,5,8-9H2,1-4H3,(H,21,23). The summed E-state index contributed by atoms with van der Waals surface area (Å²) in [6.45, 7) is 7.74. The second-order valence-electron chi connectivity index (χ2n) is 6.74. The Labute approximate surface area is 151 Å². The predicted molar refractivity (Wildman–Crippen MR) is 97.0 cm³/mol. The lowest BCUT2D eigenvalue weighted by atomic mass is 9.87. The van der Waals surface area contributed by atoms with Gasteiger partial charge in [0.2, 0.25) is 5.91 Å². The van der Waals surface area contributed by atoms with E-state index in [1.807, 2.05) is 39.8 Å². The lowest BCUT2D eigenvalue weighted by Gasteiger charge is -2.16. The molecule has 130 valence electrons. The number of aryl methyl sites for hydroxylation is 2. The summed E-state index contributed by atoms with van der Waals surface area (Å²) in [5, 5.41) is 2.87. The Hall–Kier alpha value is -1.49. The molecule has 2 rings (SSSR count). The zero-order chi connectivity index (χ0) is 18.0. The van der Waals surface area contributed by atoms with Crippen LogP contribution in [0.5, 0.6) is 0 Å². The van der Waals surface area contributed by atoms with E-state index in [9.17, 15) is 14.4 Å². The highest BCUT2D eigenvalue weighted by molar-refractivity contribution is 9.10. The number of hydrogen-bond acceptors (Lipinski definition) is 3. The molecule has 0 spiro atoms. The van der Waals surface area contributed by atoms with Crippen LogP contribution in [-0.2, 0) is 14.4 Å². The smallest absolute Gasteiger partial charge is 0.220 e. The van der Waals surface area contributed by atoms with Crippen LogP contribution in [0.4, 0.5) is 0 Å². The number of carbonyl (C=O) groups is 3. The second-order valence-corrected chi connectivity index (χ2v) is 7.65. The topological polar surface area (TPSA) is 63.2 Å². The maximum Gasteiger partial charge on any atom is 0.220 e. The lowest BCUT2D eigenvalue weighted by molar-refractivity contribution is -0.128. The summed E-state index contributed by atoms with van der Waals surface area (Å²) in [5.41, 5.74) is 2.66. The Morgan fingerprint density at radius 2 is 1.88 bits per heavy atom. The van der Waals surface area contributed by atoms with E-state index < -0.39 is 11.8 Å². The van der Waals surface area contributed by atoms with Crippen LogP contribution in [0.2, 0.25) is 0 Å². The molecule has 24 heavy (non-hydrogen) atoms. The van der Waals surface area contributed by atoms with Crippen molar-refractivity contribution < 1.29 is 14.4 Å². The minimum Gasteiger partial charge on any atom is -0.354 e. The van der Waals surface area contributed by atoms with Gasteiger partial charge in [0.1, 0.15) is 11.7 Å². The molecule has 3 atom stereocenters. The third kappa shape index (κ3) is 3.94. The molecule has 5 heteroatoms. The number of rotatable bonds is 5. The van der Waals surface area contributed by atoms with Gasteiger partial charge >= 0.3 is 0 Å². The van der Waals surface area contributed by atoms with Crippen LogP contribution in [0.1, 0.15) is 55.7 Å². The van der Waals surface area contributed by atoms with Gasteiger partial charge in [0.15, 0.2) is 5.78 Å². The van der Waals surface area contributed by atoms with Gasteiger partial charge in [0.05, 0.1) is 0 Å². The van der Waals surface area contributed by atoms with E-state index in [0.717, 1.165) is 27.6 Å². The number of ketones is 2. The first-order valence-electron chi connectivity index (χ1n) is 8.37. The van der Waals surface area contributed by atoms with Crippen LogP contribution in [-0.4, -0.2) is 23.5 Å². The molecule has 1 aromatic carbocycles. The fraction of sp³-hybridized carbons (Fsp3) is 0.526. The number of carbonyl (C=O) groups excluding carboxylic acids is 3. The second kappa shape index (κ2) is 7.60. The Bertz CT molecular complexity index is 660. The third-order valence-electron chi connectivity index (χ3n) is 4.76. The van der Waals surface area contributed by atoms with Crippen LogP contribution in [0, 0.1) is 19.8 Å². The molecule has 0 radical (unpaired) electrons. The number of hydrogen-bond donors (Lipinski definition) is 1. The van der Waals surface area contributed by atoms with Gasteiger partial charge in [-0.15, -0.1) is 0 Å². The van der Waals surface area contributed by atoms with Gasteiger partial charge in [-0.25, -0.2) is 0 Å². The van der Waals surface area contributed by atoms with Crippen LogP contribution in [0.3, 0.4) is 0 Å². The first kappa shape index (κ1) is 18.8. The molecular formula is C19H24BrNO3. The van der Waals surface area contributed by atoms with Crippen molar-refractivity contribution in [2.24, 2.45) is 5.92 Å². The van der Waals surface area contributed by atoms with Gasteiger partial charge in [-0.2, -0.15) is 0 Å². The molecule has 0 saturated heterocycles. The summed E-state index contributed by atoms with van der Waals surface area (Å²) in [6.07, 6.45) is 1.09. The van der Waals surface area contributed by atoms with Gasteiger partial charge in [0, 0.05) is 29.3 Å². The van der Waals surface area contributed by atoms with Gasteiger partial charge < -0.3 is 5.32 Å². The average Bonchev–Trinajstić information content (AvgIpc) is 2.73. The summed E-state index contributed by atoms with van der Waals surface area (Å²) >= 11 is 3.44. The van der Waals surface area contributed by atoms with E-state index >= 15 is 0 Å². The van der Waals surface area contributed by atoms with Crippen molar-refractivity contribution >= 4 is 33.4 Å². The molecule has 1 aromatic rings. The quantitative estimate of drug-likeness (QED) is 0.776. The average molecular weight is 394 g/mol. The van der Waals surface area contributed by atoms with E-state index in [0.29, 0.717) is 0 Å². The molecule has 0 bridgehead atoms. The van der Waals surface area contributed by atoms with Crippen LogP contribution in [0.15, 0.2) is 16.6 Å². The van der Waals surface area contributed by atoms with Crippen molar-refractivity contribution in [3.05, 3.63) is 33.3 Å². The van der Waals surface area contributed by atoms with E-state index in [1.165, 1.54) is 0 Å². The molecule has 1 aliphatic carbocycles. The minimum absolute atomic E-state index is 0.0742. The highest BCUT2D eigenvalue weighted by Crippen LogP contribution is 2.38. The van der Waals surface area contributed by atoms with E-state index in [2.05, 4.69) is 21.2 Å². The maximum atomic E-state index is 12.8. The Morgan fingerprint density at radius 1 is 1.29 bits per heavy atom. The van der Waals surface area contributed by atoms with Crippen molar-refractivity contribution in [1.82, 2.24) is 5.32 Å². The first-order chi connectivity index (χ1) is 11.2. The summed E-state index contributed by atoms with van der Waals surface area (Å²) in [5.74, 6) is -1.57. The molecule has 4 nitrogen and oxygen atoms in total. The molecule has 0 heterocycles. The predicted octanol–water partition coefficient (Wildman–Crippen LogP) is 3.61. The molecule has 1 aliphatic rings. The molecule has 1 saturated carbocycles. The third-order valence-corrected chi connectivity index (χ3v) is 5.21. The zero-order valence-corrected chi connectivity index (χ0v) is 16.2. The van der Waals surface area contributed by atoms with Crippen molar-refractivity contribution in [3.63, 3.8) is 0 Å². The maximum absolute atomic E-state index is 12.8. The minimum atomic E-state index is -0.723. The SMILES string of the molecule is CCC(C)NC(=O)CC1CC(=O)C(c2c(C)cc(Br)cc2C)C1=O. The van der Waals surface area contributed by atoms with Crippen molar-refractivity contribution in [2.45, 2.75) is 58.9 Å². The monoisotopic (exact) mass is 393 g/mol. The molecular weight excluding hydrogens is 370 g/mol. The fourth-order valence-electron chi connectivity index (χ4n) is 3.37. The molecule has 3 unspecified atom stereocenters. The van der Waals surface area contributed by atoms with E-state index in [-0.39, 0.29) is 36.4 Å². The van der Waals surface area contributed by atoms with E-state index in [4.69, 9.17) is 0 Å². The largest absolute Gasteiger partial charge is 0.354 e. The number of benzene rings is 1. The zero-order valence-electron chi connectivity index (χ0n) is 14.6. The fourth-order valence-corrected chi connectivity index (χ4v) is 4.06. The van der Waals surface area contributed by atoms with Gasteiger partial charge in [0.25, 0.3) is 0 Å². The molecule has 0 aromatic heterocycles. The lowest BCUT2D eigenvalue weighted by Crippen LogP contribution is -2.34. The highest BCUT2D eigenvalue weighted by Gasteiger charge is 2.43. The summed E-state index contributed by atoms with van der Waals surface area (Å²) in [4.78, 5) is 37.3. The van der Waals surface area contributed by atoms with Crippen LogP contribution < -0.4 is 5.32 Å². The summed E-state index contributed by atoms with van der Waals surface area (Å²) in [6, 6.07) is 3.93. The molecule has 0 aliphatic heterocycles. The molecule has 1 amide bonds. The Morgan fingerprint density at radius 3 is 2.42 bits per heavy atom. The number of halogens is 1. The highest BCUT2D eigenvalue weighted by atomic mass is 79.9. The van der Waals surface area contributed by atoms with Crippen LogP contribution in [0.25, 0.3) is 0 Å². The van der Waals surface area contributed by atoms with Crippen molar-refractivity contribution in [2.75, 3.05) is 0 Å². The first-order valence-corrected chi connectivity index (χ1v) is 9.16.